The first-order chi connectivity index (χ1) is 9.79. The van der Waals surface area contributed by atoms with E-state index in [0.29, 0.717) is 24.5 Å². The van der Waals surface area contributed by atoms with Crippen LogP contribution in [0.1, 0.15) is 60.3 Å². The Hall–Kier alpha value is -0.120. The maximum absolute atomic E-state index is 6.27. The van der Waals surface area contributed by atoms with E-state index >= 15 is 0 Å². The molecule has 1 N–H and O–H groups in total. The van der Waals surface area contributed by atoms with Crippen LogP contribution < -0.4 is 5.32 Å². The van der Waals surface area contributed by atoms with Crippen LogP contribution in [0.3, 0.4) is 0 Å². The standard InChI is InChI=1S/C18H37NO2/c1-15(2)13-20-11-12-21-18(14-19-6)9-7-16(8-10-18)17(3,4)5/h15-16,19H,7-14H2,1-6H3. The van der Waals surface area contributed by atoms with Crippen LogP contribution in [0.4, 0.5) is 0 Å². The summed E-state index contributed by atoms with van der Waals surface area (Å²) in [7, 11) is 2.02. The van der Waals surface area contributed by atoms with Gasteiger partial charge >= 0.3 is 0 Å². The van der Waals surface area contributed by atoms with E-state index in [-0.39, 0.29) is 5.60 Å². The topological polar surface area (TPSA) is 30.5 Å². The van der Waals surface area contributed by atoms with Crippen molar-refractivity contribution in [2.75, 3.05) is 33.4 Å². The zero-order valence-corrected chi connectivity index (χ0v) is 15.1. The first-order valence-electron chi connectivity index (χ1n) is 8.65. The number of hydrogen-bond donors (Lipinski definition) is 1. The Bertz CT molecular complexity index is 275. The van der Waals surface area contributed by atoms with Crippen molar-refractivity contribution in [3.05, 3.63) is 0 Å². The second-order valence-corrected chi connectivity index (χ2v) is 8.17. The molecule has 0 unspecified atom stereocenters. The summed E-state index contributed by atoms with van der Waals surface area (Å²) in [5.74, 6) is 1.42. The third-order valence-electron chi connectivity index (χ3n) is 4.71. The average molecular weight is 299 g/mol. The third kappa shape index (κ3) is 6.66. The predicted octanol–water partition coefficient (Wildman–Crippen LogP) is 3.87. The Morgan fingerprint density at radius 1 is 1.14 bits per heavy atom. The molecule has 0 radical (unpaired) electrons. The van der Waals surface area contributed by atoms with Crippen LogP contribution in [-0.2, 0) is 9.47 Å². The minimum atomic E-state index is 0.0255. The van der Waals surface area contributed by atoms with E-state index < -0.39 is 0 Å². The molecule has 1 fully saturated rings. The quantitative estimate of drug-likeness (QED) is 0.690. The highest BCUT2D eigenvalue weighted by Gasteiger charge is 2.39. The maximum Gasteiger partial charge on any atom is 0.0807 e. The van der Waals surface area contributed by atoms with Gasteiger partial charge in [0.15, 0.2) is 0 Å². The summed E-state index contributed by atoms with van der Waals surface area (Å²) < 4.78 is 11.9. The molecular formula is C18H37NO2. The largest absolute Gasteiger partial charge is 0.379 e. The van der Waals surface area contributed by atoms with Gasteiger partial charge in [-0.15, -0.1) is 0 Å². The lowest BCUT2D eigenvalue weighted by molar-refractivity contribution is -0.0993. The van der Waals surface area contributed by atoms with Crippen LogP contribution in [0.25, 0.3) is 0 Å². The fraction of sp³-hybridized carbons (Fsp3) is 1.00. The summed E-state index contributed by atoms with van der Waals surface area (Å²) in [5, 5.41) is 3.33. The van der Waals surface area contributed by atoms with Gasteiger partial charge in [0, 0.05) is 13.2 Å². The molecule has 1 rings (SSSR count). The number of likely N-dealkylation sites (N-methyl/N-ethyl adjacent to an activating group) is 1. The summed E-state index contributed by atoms with van der Waals surface area (Å²) in [6, 6.07) is 0. The van der Waals surface area contributed by atoms with Crippen molar-refractivity contribution in [3.63, 3.8) is 0 Å². The van der Waals surface area contributed by atoms with Gasteiger partial charge in [-0.3, -0.25) is 0 Å². The van der Waals surface area contributed by atoms with E-state index in [4.69, 9.17) is 9.47 Å². The zero-order valence-electron chi connectivity index (χ0n) is 15.1. The Kier molecular flexibility index (Phi) is 7.66. The summed E-state index contributed by atoms with van der Waals surface area (Å²) in [6.07, 6.45) is 4.88. The van der Waals surface area contributed by atoms with Gasteiger partial charge in [0.2, 0.25) is 0 Å². The van der Waals surface area contributed by atoms with Gasteiger partial charge in [0.25, 0.3) is 0 Å². The van der Waals surface area contributed by atoms with Crippen molar-refractivity contribution in [1.29, 1.82) is 0 Å². The Labute approximate surface area is 132 Å². The Morgan fingerprint density at radius 3 is 2.24 bits per heavy atom. The fourth-order valence-electron chi connectivity index (χ4n) is 3.34. The molecule has 0 aromatic carbocycles. The molecule has 0 aromatic heterocycles. The van der Waals surface area contributed by atoms with E-state index in [9.17, 15) is 0 Å². The van der Waals surface area contributed by atoms with Gasteiger partial charge in [-0.25, -0.2) is 0 Å². The highest BCUT2D eigenvalue weighted by Crippen LogP contribution is 2.42. The lowest BCUT2D eigenvalue weighted by Crippen LogP contribution is -2.47. The third-order valence-corrected chi connectivity index (χ3v) is 4.71. The maximum atomic E-state index is 6.27. The van der Waals surface area contributed by atoms with Crippen LogP contribution >= 0.6 is 0 Å². The summed E-state index contributed by atoms with van der Waals surface area (Å²) in [6.45, 7) is 14.7. The van der Waals surface area contributed by atoms with Gasteiger partial charge < -0.3 is 14.8 Å². The first-order valence-corrected chi connectivity index (χ1v) is 8.65. The van der Waals surface area contributed by atoms with E-state index in [0.717, 1.165) is 19.1 Å². The van der Waals surface area contributed by atoms with Gasteiger partial charge in [-0.1, -0.05) is 34.6 Å². The lowest BCUT2D eigenvalue weighted by Gasteiger charge is -2.44. The molecule has 21 heavy (non-hydrogen) atoms. The van der Waals surface area contributed by atoms with Crippen LogP contribution in [0.5, 0.6) is 0 Å². The monoisotopic (exact) mass is 299 g/mol. The van der Waals surface area contributed by atoms with Gasteiger partial charge in [-0.2, -0.15) is 0 Å². The van der Waals surface area contributed by atoms with Crippen LogP contribution in [0.15, 0.2) is 0 Å². The Morgan fingerprint density at radius 2 is 1.76 bits per heavy atom. The van der Waals surface area contributed by atoms with Crippen LogP contribution in [0.2, 0.25) is 0 Å². The van der Waals surface area contributed by atoms with Gasteiger partial charge in [0.1, 0.15) is 0 Å². The van der Waals surface area contributed by atoms with Gasteiger partial charge in [0.05, 0.1) is 18.8 Å². The lowest BCUT2D eigenvalue weighted by atomic mass is 9.68. The SMILES string of the molecule is CNCC1(OCCOCC(C)C)CCC(C(C)(C)C)CC1. The molecule has 0 heterocycles. The molecule has 0 aromatic rings. The molecule has 1 saturated carbocycles. The molecule has 0 atom stereocenters. The molecule has 0 saturated heterocycles. The average Bonchev–Trinajstić information content (AvgIpc) is 2.38. The molecule has 3 nitrogen and oxygen atoms in total. The van der Waals surface area contributed by atoms with E-state index in [2.05, 4.69) is 39.9 Å². The zero-order chi connectivity index (χ0) is 15.9. The minimum Gasteiger partial charge on any atom is -0.379 e. The normalized spacial score (nSPS) is 27.3. The van der Waals surface area contributed by atoms with Crippen molar-refractivity contribution >= 4 is 0 Å². The smallest absolute Gasteiger partial charge is 0.0807 e. The number of nitrogens with one attached hydrogen (secondary N) is 1. The van der Waals surface area contributed by atoms with E-state index in [1.165, 1.54) is 25.7 Å². The highest BCUT2D eigenvalue weighted by atomic mass is 16.5. The minimum absolute atomic E-state index is 0.0255. The molecule has 0 aliphatic heterocycles. The fourth-order valence-corrected chi connectivity index (χ4v) is 3.34. The van der Waals surface area contributed by atoms with Gasteiger partial charge in [-0.05, 0) is 50.0 Å². The van der Waals surface area contributed by atoms with Crippen LogP contribution in [-0.4, -0.2) is 39.0 Å². The molecule has 3 heteroatoms. The summed E-state index contributed by atoms with van der Waals surface area (Å²) >= 11 is 0. The second kappa shape index (κ2) is 8.50. The molecular weight excluding hydrogens is 262 g/mol. The molecule has 0 amide bonds. The highest BCUT2D eigenvalue weighted by molar-refractivity contribution is 4.91. The van der Waals surface area contributed by atoms with Crippen LogP contribution in [0, 0.1) is 17.3 Å². The van der Waals surface area contributed by atoms with Crippen molar-refractivity contribution in [1.82, 2.24) is 5.32 Å². The van der Waals surface area contributed by atoms with Crippen molar-refractivity contribution in [2.24, 2.45) is 17.3 Å². The summed E-state index contributed by atoms with van der Waals surface area (Å²) in [5.41, 5.74) is 0.448. The molecule has 126 valence electrons. The van der Waals surface area contributed by atoms with E-state index in [1.807, 2.05) is 7.05 Å². The first kappa shape index (κ1) is 18.9. The molecule has 0 spiro atoms. The van der Waals surface area contributed by atoms with Crippen molar-refractivity contribution in [3.8, 4) is 0 Å². The number of ether oxygens (including phenoxy) is 2. The molecule has 1 aliphatic rings. The summed E-state index contributed by atoms with van der Waals surface area (Å²) in [4.78, 5) is 0. The van der Waals surface area contributed by atoms with Crippen molar-refractivity contribution < 1.29 is 9.47 Å². The van der Waals surface area contributed by atoms with E-state index in [1.54, 1.807) is 0 Å². The number of rotatable bonds is 8. The molecule has 0 bridgehead atoms. The number of hydrogen-bond acceptors (Lipinski definition) is 3. The predicted molar refractivity (Wildman–Crippen MR) is 89.7 cm³/mol. The van der Waals surface area contributed by atoms with Crippen molar-refractivity contribution in [2.45, 2.75) is 65.9 Å². The second-order valence-electron chi connectivity index (χ2n) is 8.17. The molecule has 1 aliphatic carbocycles. The Balaban J connectivity index is 2.39.